The molecule has 108 valence electrons. The average Bonchev–Trinajstić information content (AvgIpc) is 2.38. The Morgan fingerprint density at radius 1 is 1.35 bits per heavy atom. The van der Waals surface area contributed by atoms with E-state index < -0.39 is 11.4 Å². The summed E-state index contributed by atoms with van der Waals surface area (Å²) < 4.78 is 5.40. The number of para-hydroxylation sites is 1. The number of ether oxygens (including phenoxy) is 1. The molecule has 2 N–H and O–H groups in total. The molecule has 5 nitrogen and oxygen atoms in total. The fourth-order valence-corrected chi connectivity index (χ4v) is 2.35. The molecule has 1 fully saturated rings. The molecule has 0 atom stereocenters. The number of nitrogens with one attached hydrogen (secondary N) is 1. The van der Waals surface area contributed by atoms with E-state index in [1.165, 1.54) is 0 Å². The number of carbonyl (C=O) groups excluding carboxylic acids is 1. The molecule has 1 amide bonds. The highest BCUT2D eigenvalue weighted by molar-refractivity contribution is 5.97. The average molecular weight is 277 g/mol. The van der Waals surface area contributed by atoms with Crippen LogP contribution in [0.25, 0.3) is 0 Å². The summed E-state index contributed by atoms with van der Waals surface area (Å²) in [5, 5.41) is 12.0. The van der Waals surface area contributed by atoms with Crippen molar-refractivity contribution in [3.8, 4) is 5.75 Å². The van der Waals surface area contributed by atoms with Crippen LogP contribution in [0.15, 0.2) is 24.3 Å². The van der Waals surface area contributed by atoms with Crippen LogP contribution in [0.1, 0.15) is 36.5 Å². The Labute approximate surface area is 117 Å². The van der Waals surface area contributed by atoms with Gasteiger partial charge in [0, 0.05) is 6.54 Å². The molecule has 1 aromatic rings. The summed E-state index contributed by atoms with van der Waals surface area (Å²) in [5.74, 6) is -0.603. The third-order valence-electron chi connectivity index (χ3n) is 3.78. The fraction of sp³-hybridized carbons (Fsp3) is 0.467. The number of carboxylic acid groups (broad SMARTS) is 1. The Kier molecular flexibility index (Phi) is 4.27. The molecule has 2 rings (SSSR count). The monoisotopic (exact) mass is 277 g/mol. The normalized spacial score (nSPS) is 16.1. The van der Waals surface area contributed by atoms with E-state index in [0.29, 0.717) is 30.8 Å². The number of rotatable bonds is 6. The molecule has 0 spiro atoms. The van der Waals surface area contributed by atoms with E-state index in [1.54, 1.807) is 24.3 Å². The zero-order valence-corrected chi connectivity index (χ0v) is 11.5. The van der Waals surface area contributed by atoms with Crippen molar-refractivity contribution in [2.45, 2.75) is 26.2 Å². The number of hydrogen-bond donors (Lipinski definition) is 2. The quantitative estimate of drug-likeness (QED) is 0.834. The highest BCUT2D eigenvalue weighted by Crippen LogP contribution is 2.40. The van der Waals surface area contributed by atoms with Crippen molar-refractivity contribution < 1.29 is 19.4 Å². The van der Waals surface area contributed by atoms with Gasteiger partial charge in [-0.2, -0.15) is 0 Å². The molecule has 1 aromatic carbocycles. The molecule has 0 bridgehead atoms. The van der Waals surface area contributed by atoms with E-state index in [0.717, 1.165) is 6.42 Å². The van der Waals surface area contributed by atoms with E-state index in [9.17, 15) is 14.7 Å². The van der Waals surface area contributed by atoms with Gasteiger partial charge in [0.25, 0.3) is 5.91 Å². The number of carbonyl (C=O) groups is 2. The first-order chi connectivity index (χ1) is 9.59. The van der Waals surface area contributed by atoms with Crippen LogP contribution in [-0.2, 0) is 4.79 Å². The Morgan fingerprint density at radius 3 is 2.60 bits per heavy atom. The highest BCUT2D eigenvalue weighted by Gasteiger charge is 2.44. The maximum absolute atomic E-state index is 12.2. The van der Waals surface area contributed by atoms with Crippen LogP contribution in [-0.4, -0.2) is 30.1 Å². The van der Waals surface area contributed by atoms with E-state index in [4.69, 9.17) is 4.74 Å². The Morgan fingerprint density at radius 2 is 2.05 bits per heavy atom. The van der Waals surface area contributed by atoms with E-state index >= 15 is 0 Å². The van der Waals surface area contributed by atoms with E-state index in [-0.39, 0.29) is 12.5 Å². The SMILES string of the molecule is CCOc1ccccc1C(=O)NCC1(C(=O)O)CCC1. The molecule has 1 aliphatic carbocycles. The molecule has 1 saturated carbocycles. The van der Waals surface area contributed by atoms with Crippen LogP contribution in [0.5, 0.6) is 5.75 Å². The van der Waals surface area contributed by atoms with Gasteiger partial charge >= 0.3 is 5.97 Å². The predicted molar refractivity (Wildman–Crippen MR) is 73.9 cm³/mol. The molecule has 1 aliphatic rings. The minimum Gasteiger partial charge on any atom is -0.493 e. The Balaban J connectivity index is 2.03. The van der Waals surface area contributed by atoms with Crippen LogP contribution < -0.4 is 10.1 Å². The van der Waals surface area contributed by atoms with Crippen LogP contribution in [0.3, 0.4) is 0 Å². The van der Waals surface area contributed by atoms with Crippen molar-refractivity contribution in [2.24, 2.45) is 5.41 Å². The maximum atomic E-state index is 12.2. The molecular formula is C15H19NO4. The van der Waals surface area contributed by atoms with Crippen molar-refractivity contribution in [3.05, 3.63) is 29.8 Å². The van der Waals surface area contributed by atoms with Crippen molar-refractivity contribution in [1.82, 2.24) is 5.32 Å². The third-order valence-corrected chi connectivity index (χ3v) is 3.78. The van der Waals surface area contributed by atoms with Gasteiger partial charge in [0.1, 0.15) is 5.75 Å². The van der Waals surface area contributed by atoms with Gasteiger partial charge in [-0.15, -0.1) is 0 Å². The summed E-state index contributed by atoms with van der Waals surface area (Å²) in [7, 11) is 0. The van der Waals surface area contributed by atoms with Gasteiger partial charge in [-0.25, -0.2) is 0 Å². The zero-order chi connectivity index (χ0) is 14.6. The minimum absolute atomic E-state index is 0.168. The third kappa shape index (κ3) is 2.76. The summed E-state index contributed by atoms with van der Waals surface area (Å²) >= 11 is 0. The van der Waals surface area contributed by atoms with Crippen molar-refractivity contribution in [1.29, 1.82) is 0 Å². The fourth-order valence-electron chi connectivity index (χ4n) is 2.35. The van der Waals surface area contributed by atoms with Gasteiger partial charge in [-0.3, -0.25) is 9.59 Å². The largest absolute Gasteiger partial charge is 0.493 e. The van der Waals surface area contributed by atoms with Gasteiger partial charge in [-0.1, -0.05) is 18.6 Å². The second-order valence-electron chi connectivity index (χ2n) is 5.05. The lowest BCUT2D eigenvalue weighted by Gasteiger charge is -2.37. The maximum Gasteiger partial charge on any atom is 0.311 e. The first kappa shape index (κ1) is 14.4. The first-order valence-electron chi connectivity index (χ1n) is 6.82. The zero-order valence-electron chi connectivity index (χ0n) is 11.5. The second-order valence-corrected chi connectivity index (χ2v) is 5.05. The van der Waals surface area contributed by atoms with Gasteiger partial charge in [0.2, 0.25) is 0 Å². The molecule has 0 aromatic heterocycles. The molecule has 0 heterocycles. The summed E-state index contributed by atoms with van der Waals surface area (Å²) in [6, 6.07) is 6.96. The van der Waals surface area contributed by atoms with Crippen molar-refractivity contribution in [3.63, 3.8) is 0 Å². The van der Waals surface area contributed by atoms with Gasteiger partial charge in [0.05, 0.1) is 17.6 Å². The lowest BCUT2D eigenvalue weighted by molar-refractivity contribution is -0.153. The van der Waals surface area contributed by atoms with Gasteiger partial charge in [-0.05, 0) is 31.9 Å². The van der Waals surface area contributed by atoms with E-state index in [1.807, 2.05) is 6.92 Å². The van der Waals surface area contributed by atoms with Crippen LogP contribution >= 0.6 is 0 Å². The highest BCUT2D eigenvalue weighted by atomic mass is 16.5. The lowest BCUT2D eigenvalue weighted by atomic mass is 9.69. The molecule has 20 heavy (non-hydrogen) atoms. The summed E-state index contributed by atoms with van der Waals surface area (Å²) in [6.07, 6.45) is 2.14. The number of benzene rings is 1. The minimum atomic E-state index is -0.831. The number of amides is 1. The first-order valence-corrected chi connectivity index (χ1v) is 6.82. The van der Waals surface area contributed by atoms with Crippen LogP contribution in [0, 0.1) is 5.41 Å². The Hall–Kier alpha value is -2.04. The summed E-state index contributed by atoms with van der Waals surface area (Å²) in [6.45, 7) is 2.49. The molecule has 0 saturated heterocycles. The molecule has 0 radical (unpaired) electrons. The Bertz CT molecular complexity index is 508. The second kappa shape index (κ2) is 5.94. The smallest absolute Gasteiger partial charge is 0.311 e. The van der Waals surface area contributed by atoms with Gasteiger partial charge < -0.3 is 15.2 Å². The molecule has 5 heteroatoms. The number of aliphatic carboxylic acids is 1. The van der Waals surface area contributed by atoms with Crippen molar-refractivity contribution in [2.75, 3.05) is 13.2 Å². The summed E-state index contributed by atoms with van der Waals surface area (Å²) in [4.78, 5) is 23.4. The molecular weight excluding hydrogens is 258 g/mol. The number of hydrogen-bond acceptors (Lipinski definition) is 3. The topological polar surface area (TPSA) is 75.6 Å². The molecule has 0 unspecified atom stereocenters. The predicted octanol–water partition coefficient (Wildman–Crippen LogP) is 2.07. The van der Waals surface area contributed by atoms with Crippen molar-refractivity contribution >= 4 is 11.9 Å². The van der Waals surface area contributed by atoms with E-state index in [2.05, 4.69) is 5.32 Å². The van der Waals surface area contributed by atoms with Crippen LogP contribution in [0.2, 0.25) is 0 Å². The van der Waals surface area contributed by atoms with Gasteiger partial charge in [0.15, 0.2) is 0 Å². The lowest BCUT2D eigenvalue weighted by Crippen LogP contribution is -2.47. The van der Waals surface area contributed by atoms with Crippen LogP contribution in [0.4, 0.5) is 0 Å². The standard InChI is InChI=1S/C15H19NO4/c1-2-20-12-7-4-3-6-11(12)13(17)16-10-15(14(18)19)8-5-9-15/h3-4,6-7H,2,5,8-10H2,1H3,(H,16,17)(H,18,19). The number of carboxylic acids is 1. The summed E-state index contributed by atoms with van der Waals surface area (Å²) in [5.41, 5.74) is -0.342. The molecule has 0 aliphatic heterocycles.